The molecule has 3 nitrogen and oxygen atoms in total. The fourth-order valence-corrected chi connectivity index (χ4v) is 2.24. The minimum atomic E-state index is -0.122. The lowest BCUT2D eigenvalue weighted by atomic mass is 10.0. The molecule has 0 saturated carbocycles. The molecule has 0 aliphatic heterocycles. The molecule has 0 aromatic heterocycles. The summed E-state index contributed by atoms with van der Waals surface area (Å²) in [5.41, 5.74) is 9.85. The maximum absolute atomic E-state index is 12.3. The number of para-hydroxylation sites is 1. The van der Waals surface area contributed by atoms with Gasteiger partial charge in [0.25, 0.3) is 5.91 Å². The second-order valence-corrected chi connectivity index (χ2v) is 5.02. The first kappa shape index (κ1) is 13.9. The number of benzene rings is 3. The Morgan fingerprint density at radius 1 is 0.773 bits per heavy atom. The molecular weight excluding hydrogens is 272 g/mol. The van der Waals surface area contributed by atoms with Crippen molar-refractivity contribution in [3.8, 4) is 11.1 Å². The van der Waals surface area contributed by atoms with E-state index in [1.54, 1.807) is 6.07 Å². The zero-order valence-corrected chi connectivity index (χ0v) is 12.0. The van der Waals surface area contributed by atoms with Crippen LogP contribution in [0, 0.1) is 0 Å². The van der Waals surface area contributed by atoms with Gasteiger partial charge in [-0.05, 0) is 47.5 Å². The molecule has 0 fully saturated rings. The van der Waals surface area contributed by atoms with Crippen LogP contribution in [0.3, 0.4) is 0 Å². The van der Waals surface area contributed by atoms with Crippen LogP contribution in [0.25, 0.3) is 11.1 Å². The van der Waals surface area contributed by atoms with Crippen molar-refractivity contribution in [2.75, 3.05) is 11.1 Å². The largest absolute Gasteiger partial charge is 0.399 e. The number of rotatable bonds is 3. The number of carbonyl (C=O) groups is 1. The van der Waals surface area contributed by atoms with E-state index in [4.69, 9.17) is 5.73 Å². The Morgan fingerprint density at radius 2 is 1.50 bits per heavy atom. The highest BCUT2D eigenvalue weighted by Crippen LogP contribution is 2.22. The van der Waals surface area contributed by atoms with E-state index < -0.39 is 0 Å². The van der Waals surface area contributed by atoms with E-state index in [0.29, 0.717) is 5.56 Å². The predicted molar refractivity (Wildman–Crippen MR) is 90.7 cm³/mol. The Kier molecular flexibility index (Phi) is 3.88. The molecule has 0 bridgehead atoms. The summed E-state index contributed by atoms with van der Waals surface area (Å²) in [4.78, 5) is 12.3. The zero-order valence-electron chi connectivity index (χ0n) is 12.0. The molecule has 108 valence electrons. The van der Waals surface area contributed by atoms with Crippen molar-refractivity contribution in [1.82, 2.24) is 0 Å². The number of amides is 1. The highest BCUT2D eigenvalue weighted by molar-refractivity contribution is 6.04. The number of anilines is 2. The van der Waals surface area contributed by atoms with Gasteiger partial charge in [0.2, 0.25) is 0 Å². The lowest BCUT2D eigenvalue weighted by Gasteiger charge is -2.07. The van der Waals surface area contributed by atoms with Crippen molar-refractivity contribution in [3.05, 3.63) is 84.4 Å². The molecule has 0 atom stereocenters. The summed E-state index contributed by atoms with van der Waals surface area (Å²) < 4.78 is 0. The fraction of sp³-hybridized carbons (Fsp3) is 0. The third kappa shape index (κ3) is 3.15. The van der Waals surface area contributed by atoms with Gasteiger partial charge in [-0.15, -0.1) is 0 Å². The number of nitrogens with two attached hydrogens (primary N) is 1. The van der Waals surface area contributed by atoms with Crippen LogP contribution >= 0.6 is 0 Å². The lowest BCUT2D eigenvalue weighted by molar-refractivity contribution is 0.102. The normalized spacial score (nSPS) is 10.2. The smallest absolute Gasteiger partial charge is 0.255 e. The first-order chi connectivity index (χ1) is 10.7. The number of hydrogen-bond acceptors (Lipinski definition) is 2. The summed E-state index contributed by atoms with van der Waals surface area (Å²) in [6.45, 7) is 0. The molecule has 0 saturated heterocycles. The van der Waals surface area contributed by atoms with Crippen LogP contribution < -0.4 is 11.1 Å². The topological polar surface area (TPSA) is 55.1 Å². The average molecular weight is 288 g/mol. The third-order valence-electron chi connectivity index (χ3n) is 3.40. The molecule has 3 rings (SSSR count). The summed E-state index contributed by atoms with van der Waals surface area (Å²) >= 11 is 0. The summed E-state index contributed by atoms with van der Waals surface area (Å²) in [5, 5.41) is 2.89. The Bertz CT molecular complexity index is 780. The van der Waals surface area contributed by atoms with E-state index in [0.717, 1.165) is 22.5 Å². The molecular formula is C19H16N2O. The SMILES string of the molecule is Nc1ccc(-c2cccc(C(=O)Nc3ccccc3)c2)cc1. The van der Waals surface area contributed by atoms with Gasteiger partial charge < -0.3 is 11.1 Å². The van der Waals surface area contributed by atoms with Crippen LogP contribution in [0.4, 0.5) is 11.4 Å². The Morgan fingerprint density at radius 3 is 2.23 bits per heavy atom. The van der Waals surface area contributed by atoms with Crippen LogP contribution in [0.15, 0.2) is 78.9 Å². The maximum Gasteiger partial charge on any atom is 0.255 e. The highest BCUT2D eigenvalue weighted by atomic mass is 16.1. The average Bonchev–Trinajstić information content (AvgIpc) is 2.56. The maximum atomic E-state index is 12.3. The van der Waals surface area contributed by atoms with Crippen LogP contribution in [-0.4, -0.2) is 5.91 Å². The van der Waals surface area contributed by atoms with Crippen molar-refractivity contribution < 1.29 is 4.79 Å². The minimum absolute atomic E-state index is 0.122. The predicted octanol–water partition coefficient (Wildman–Crippen LogP) is 4.19. The molecule has 0 aliphatic rings. The lowest BCUT2D eigenvalue weighted by Crippen LogP contribution is -2.11. The van der Waals surface area contributed by atoms with Crippen molar-refractivity contribution in [2.24, 2.45) is 0 Å². The van der Waals surface area contributed by atoms with Gasteiger partial charge in [0.05, 0.1) is 0 Å². The van der Waals surface area contributed by atoms with Gasteiger partial charge in [0.1, 0.15) is 0 Å². The van der Waals surface area contributed by atoms with E-state index in [1.807, 2.05) is 72.8 Å². The van der Waals surface area contributed by atoms with E-state index in [9.17, 15) is 4.79 Å². The molecule has 0 unspecified atom stereocenters. The molecule has 3 aromatic carbocycles. The summed E-state index contributed by atoms with van der Waals surface area (Å²) in [7, 11) is 0. The molecule has 0 aliphatic carbocycles. The summed E-state index contributed by atoms with van der Waals surface area (Å²) in [6, 6.07) is 24.6. The standard InChI is InChI=1S/C19H16N2O/c20-17-11-9-14(10-12-17)15-5-4-6-16(13-15)19(22)21-18-7-2-1-3-8-18/h1-13H,20H2,(H,21,22). The third-order valence-corrected chi connectivity index (χ3v) is 3.40. The Labute approximate surface area is 129 Å². The van der Waals surface area contributed by atoms with E-state index in [2.05, 4.69) is 5.32 Å². The second kappa shape index (κ2) is 6.14. The Hall–Kier alpha value is -3.07. The first-order valence-corrected chi connectivity index (χ1v) is 7.05. The van der Waals surface area contributed by atoms with Gasteiger partial charge in [-0.1, -0.05) is 42.5 Å². The van der Waals surface area contributed by atoms with Gasteiger partial charge >= 0.3 is 0 Å². The summed E-state index contributed by atoms with van der Waals surface area (Å²) in [5.74, 6) is -0.122. The monoisotopic (exact) mass is 288 g/mol. The fourth-order valence-electron chi connectivity index (χ4n) is 2.24. The van der Waals surface area contributed by atoms with Crippen molar-refractivity contribution in [1.29, 1.82) is 0 Å². The first-order valence-electron chi connectivity index (χ1n) is 7.05. The van der Waals surface area contributed by atoms with Crippen LogP contribution in [-0.2, 0) is 0 Å². The molecule has 3 heteroatoms. The number of carbonyl (C=O) groups excluding carboxylic acids is 1. The summed E-state index contributed by atoms with van der Waals surface area (Å²) in [6.07, 6.45) is 0. The molecule has 1 amide bonds. The molecule has 0 spiro atoms. The van der Waals surface area contributed by atoms with Crippen LogP contribution in [0.1, 0.15) is 10.4 Å². The van der Waals surface area contributed by atoms with Gasteiger partial charge in [0, 0.05) is 16.9 Å². The number of nitrogen functional groups attached to an aromatic ring is 1. The quantitative estimate of drug-likeness (QED) is 0.710. The highest BCUT2D eigenvalue weighted by Gasteiger charge is 2.07. The van der Waals surface area contributed by atoms with Crippen molar-refractivity contribution in [2.45, 2.75) is 0 Å². The van der Waals surface area contributed by atoms with E-state index in [-0.39, 0.29) is 5.91 Å². The number of hydrogen-bond donors (Lipinski definition) is 2. The van der Waals surface area contributed by atoms with Crippen molar-refractivity contribution >= 4 is 17.3 Å². The zero-order chi connectivity index (χ0) is 15.4. The molecule has 22 heavy (non-hydrogen) atoms. The molecule has 3 N–H and O–H groups in total. The van der Waals surface area contributed by atoms with Gasteiger partial charge in [-0.2, -0.15) is 0 Å². The van der Waals surface area contributed by atoms with Gasteiger partial charge in [0.15, 0.2) is 0 Å². The van der Waals surface area contributed by atoms with Crippen molar-refractivity contribution in [3.63, 3.8) is 0 Å². The molecule has 0 radical (unpaired) electrons. The van der Waals surface area contributed by atoms with E-state index >= 15 is 0 Å². The van der Waals surface area contributed by atoms with Crippen LogP contribution in [0.5, 0.6) is 0 Å². The van der Waals surface area contributed by atoms with Gasteiger partial charge in [-0.3, -0.25) is 4.79 Å². The minimum Gasteiger partial charge on any atom is -0.399 e. The van der Waals surface area contributed by atoms with Crippen LogP contribution in [0.2, 0.25) is 0 Å². The molecule has 0 heterocycles. The second-order valence-electron chi connectivity index (χ2n) is 5.02. The molecule has 3 aromatic rings. The Balaban J connectivity index is 1.84. The van der Waals surface area contributed by atoms with Gasteiger partial charge in [-0.25, -0.2) is 0 Å². The van der Waals surface area contributed by atoms with E-state index in [1.165, 1.54) is 0 Å². The number of nitrogens with one attached hydrogen (secondary N) is 1.